The van der Waals surface area contributed by atoms with Gasteiger partial charge in [-0.1, -0.05) is 30.4 Å². The molecule has 1 heteroatoms. The number of aliphatic hydroxyl groups is 1. The maximum Gasteiger partial charge on any atom is 0.0471 e. The zero-order valence-electron chi connectivity index (χ0n) is 6.01. The van der Waals surface area contributed by atoms with Gasteiger partial charge in [-0.15, -0.1) is 0 Å². The predicted molar refractivity (Wildman–Crippen MR) is 42.7 cm³/mol. The molecular formula is C9H12O. The Labute approximate surface area is 61.4 Å². The normalized spacial score (nSPS) is 17.3. The van der Waals surface area contributed by atoms with E-state index in [-0.39, 0.29) is 6.61 Å². The second-order valence-electron chi connectivity index (χ2n) is 2.45. The van der Waals surface area contributed by atoms with Crippen LogP contribution in [0.3, 0.4) is 0 Å². The Morgan fingerprint density at radius 1 is 1.50 bits per heavy atom. The van der Waals surface area contributed by atoms with E-state index in [1.165, 1.54) is 5.57 Å². The van der Waals surface area contributed by atoms with Gasteiger partial charge >= 0.3 is 0 Å². The van der Waals surface area contributed by atoms with Gasteiger partial charge in [0.2, 0.25) is 0 Å². The van der Waals surface area contributed by atoms with Gasteiger partial charge < -0.3 is 5.11 Å². The van der Waals surface area contributed by atoms with E-state index in [9.17, 15) is 0 Å². The highest BCUT2D eigenvalue weighted by Gasteiger charge is 1.97. The molecule has 0 bridgehead atoms. The molecule has 0 radical (unpaired) electrons. The lowest BCUT2D eigenvalue weighted by atomic mass is 10.0. The first-order valence-corrected chi connectivity index (χ1v) is 3.48. The number of aliphatic hydroxyl groups excluding tert-OH is 1. The van der Waals surface area contributed by atoms with Crippen molar-refractivity contribution in [3.05, 3.63) is 36.0 Å². The van der Waals surface area contributed by atoms with Crippen LogP contribution in [0.15, 0.2) is 36.0 Å². The van der Waals surface area contributed by atoms with Crippen molar-refractivity contribution in [1.29, 1.82) is 0 Å². The van der Waals surface area contributed by atoms with Crippen molar-refractivity contribution in [1.82, 2.24) is 0 Å². The summed E-state index contributed by atoms with van der Waals surface area (Å²) < 4.78 is 0. The van der Waals surface area contributed by atoms with Crippen LogP contribution in [0, 0.1) is 0 Å². The lowest BCUT2D eigenvalue weighted by molar-refractivity contribution is 0.300. The van der Waals surface area contributed by atoms with E-state index in [0.717, 1.165) is 18.4 Å². The van der Waals surface area contributed by atoms with Crippen molar-refractivity contribution >= 4 is 0 Å². The second kappa shape index (κ2) is 3.37. The van der Waals surface area contributed by atoms with Gasteiger partial charge in [0.25, 0.3) is 0 Å². The van der Waals surface area contributed by atoms with E-state index in [1.54, 1.807) is 0 Å². The summed E-state index contributed by atoms with van der Waals surface area (Å²) in [6, 6.07) is 0. The lowest BCUT2D eigenvalue weighted by Gasteiger charge is -2.05. The quantitative estimate of drug-likeness (QED) is 0.613. The van der Waals surface area contributed by atoms with Gasteiger partial charge in [-0.05, 0) is 18.4 Å². The van der Waals surface area contributed by atoms with Crippen molar-refractivity contribution in [3.8, 4) is 0 Å². The smallest absolute Gasteiger partial charge is 0.0471 e. The van der Waals surface area contributed by atoms with Gasteiger partial charge in [0, 0.05) is 6.61 Å². The Hall–Kier alpha value is -0.820. The van der Waals surface area contributed by atoms with E-state index >= 15 is 0 Å². The summed E-state index contributed by atoms with van der Waals surface area (Å²) in [4.78, 5) is 0. The molecule has 0 aromatic heterocycles. The molecule has 1 aliphatic rings. The fraction of sp³-hybridized carbons (Fsp3) is 0.333. The highest BCUT2D eigenvalue weighted by molar-refractivity contribution is 5.33. The van der Waals surface area contributed by atoms with Crippen molar-refractivity contribution in [3.63, 3.8) is 0 Å². The maximum absolute atomic E-state index is 8.59. The fourth-order valence-corrected chi connectivity index (χ4v) is 0.938. The summed E-state index contributed by atoms with van der Waals surface area (Å²) >= 11 is 0. The average molecular weight is 136 g/mol. The molecule has 0 heterocycles. The maximum atomic E-state index is 8.59. The molecule has 0 aromatic carbocycles. The van der Waals surface area contributed by atoms with E-state index < -0.39 is 0 Å². The van der Waals surface area contributed by atoms with Gasteiger partial charge in [0.05, 0.1) is 0 Å². The summed E-state index contributed by atoms with van der Waals surface area (Å²) in [5.74, 6) is 0. The summed E-state index contributed by atoms with van der Waals surface area (Å²) in [6.45, 7) is 4.05. The fourth-order valence-electron chi connectivity index (χ4n) is 0.938. The molecule has 0 atom stereocenters. The highest BCUT2D eigenvalue weighted by atomic mass is 16.2. The van der Waals surface area contributed by atoms with Crippen LogP contribution in [-0.2, 0) is 0 Å². The number of hydrogen-bond acceptors (Lipinski definition) is 1. The zero-order chi connectivity index (χ0) is 7.40. The molecule has 0 saturated carbocycles. The molecule has 0 aliphatic heterocycles. The van der Waals surface area contributed by atoms with Gasteiger partial charge in [0.1, 0.15) is 0 Å². The third-order valence-electron chi connectivity index (χ3n) is 1.56. The molecule has 0 unspecified atom stereocenters. The second-order valence-corrected chi connectivity index (χ2v) is 2.45. The van der Waals surface area contributed by atoms with Crippen molar-refractivity contribution in [2.75, 3.05) is 6.61 Å². The summed E-state index contributed by atoms with van der Waals surface area (Å²) in [6.07, 6.45) is 7.83. The molecule has 0 fully saturated rings. The predicted octanol–water partition coefficient (Wildman–Crippen LogP) is 1.81. The average Bonchev–Trinajstić information content (AvgIpc) is 1.95. The Balaban J connectivity index is 2.50. The minimum absolute atomic E-state index is 0.239. The zero-order valence-corrected chi connectivity index (χ0v) is 6.01. The van der Waals surface area contributed by atoms with Crippen LogP contribution in [0.25, 0.3) is 0 Å². The van der Waals surface area contributed by atoms with Gasteiger partial charge in [-0.2, -0.15) is 0 Å². The van der Waals surface area contributed by atoms with Crippen molar-refractivity contribution < 1.29 is 5.11 Å². The standard InChI is InChI=1S/C9H12O/c1-8-2-4-9(5-3-8)6-7-10/h2,4-5,10H,1,3,6-7H2. The van der Waals surface area contributed by atoms with Crippen LogP contribution in [0.1, 0.15) is 12.8 Å². The summed E-state index contributed by atoms with van der Waals surface area (Å²) in [5.41, 5.74) is 2.36. The van der Waals surface area contributed by atoms with Crippen LogP contribution < -0.4 is 0 Å². The van der Waals surface area contributed by atoms with Crippen LogP contribution >= 0.6 is 0 Å². The van der Waals surface area contributed by atoms with E-state index in [0.29, 0.717) is 0 Å². The first-order chi connectivity index (χ1) is 4.83. The van der Waals surface area contributed by atoms with E-state index in [2.05, 4.69) is 12.7 Å². The number of rotatable bonds is 2. The van der Waals surface area contributed by atoms with Crippen LogP contribution in [0.2, 0.25) is 0 Å². The Bertz CT molecular complexity index is 187. The molecule has 0 saturated heterocycles. The van der Waals surface area contributed by atoms with Gasteiger partial charge in [0.15, 0.2) is 0 Å². The molecule has 0 amide bonds. The molecule has 1 rings (SSSR count). The third-order valence-corrected chi connectivity index (χ3v) is 1.56. The van der Waals surface area contributed by atoms with Crippen LogP contribution in [-0.4, -0.2) is 11.7 Å². The molecule has 0 aromatic rings. The van der Waals surface area contributed by atoms with E-state index in [4.69, 9.17) is 5.11 Å². The molecule has 0 spiro atoms. The minimum Gasteiger partial charge on any atom is -0.396 e. The van der Waals surface area contributed by atoms with E-state index in [1.807, 2.05) is 12.2 Å². The molecule has 10 heavy (non-hydrogen) atoms. The number of hydrogen-bond donors (Lipinski definition) is 1. The summed E-state index contributed by atoms with van der Waals surface area (Å²) in [7, 11) is 0. The number of allylic oxidation sites excluding steroid dienone is 4. The Morgan fingerprint density at radius 2 is 2.30 bits per heavy atom. The topological polar surface area (TPSA) is 20.2 Å². The highest BCUT2D eigenvalue weighted by Crippen LogP contribution is 2.15. The summed E-state index contributed by atoms with van der Waals surface area (Å²) in [5, 5.41) is 8.59. The molecular weight excluding hydrogens is 124 g/mol. The molecule has 54 valence electrons. The third kappa shape index (κ3) is 1.85. The van der Waals surface area contributed by atoms with Crippen LogP contribution in [0.4, 0.5) is 0 Å². The Kier molecular flexibility index (Phi) is 2.46. The minimum atomic E-state index is 0.239. The Morgan fingerprint density at radius 3 is 2.80 bits per heavy atom. The molecule has 1 N–H and O–H groups in total. The molecule has 1 aliphatic carbocycles. The van der Waals surface area contributed by atoms with Crippen molar-refractivity contribution in [2.45, 2.75) is 12.8 Å². The lowest BCUT2D eigenvalue weighted by Crippen LogP contribution is -1.90. The largest absolute Gasteiger partial charge is 0.396 e. The van der Waals surface area contributed by atoms with Gasteiger partial charge in [-0.25, -0.2) is 0 Å². The van der Waals surface area contributed by atoms with Crippen molar-refractivity contribution in [2.24, 2.45) is 0 Å². The first kappa shape index (κ1) is 7.29. The molecule has 1 nitrogen and oxygen atoms in total. The first-order valence-electron chi connectivity index (χ1n) is 3.48. The SMILES string of the molecule is C=C1C=CC(CCO)=CC1. The monoisotopic (exact) mass is 136 g/mol. The van der Waals surface area contributed by atoms with Gasteiger partial charge in [-0.3, -0.25) is 0 Å². The van der Waals surface area contributed by atoms with Crippen LogP contribution in [0.5, 0.6) is 0 Å².